The summed E-state index contributed by atoms with van der Waals surface area (Å²) in [6.07, 6.45) is 4.22. The first-order valence-electron chi connectivity index (χ1n) is 4.05. The first-order valence-corrected chi connectivity index (χ1v) is 4.05. The van der Waals surface area contributed by atoms with Crippen LogP contribution in [0.5, 0.6) is 0 Å². The zero-order chi connectivity index (χ0) is 8.10. The van der Waals surface area contributed by atoms with E-state index in [-0.39, 0.29) is 12.3 Å². The Morgan fingerprint density at radius 2 is 2.27 bits per heavy atom. The molecule has 1 unspecified atom stereocenters. The van der Waals surface area contributed by atoms with Gasteiger partial charge in [-0.3, -0.25) is 4.79 Å². The largest absolute Gasteiger partial charge is 0.436 e. The van der Waals surface area contributed by atoms with E-state index in [0.29, 0.717) is 6.42 Å². The molecule has 1 atom stereocenters. The highest BCUT2D eigenvalue weighted by molar-refractivity contribution is 5.69. The number of carbonyl (C=O) groups excluding carboxylic acids is 1. The van der Waals surface area contributed by atoms with Crippen molar-refractivity contribution in [2.75, 3.05) is 7.11 Å². The standard InChI is InChI=1S/C8H14O3/c1-10-8-6-4-2-3-5-7(9)11-8/h8H,2-6H2,1H3. The van der Waals surface area contributed by atoms with Crippen molar-refractivity contribution in [2.24, 2.45) is 0 Å². The Kier molecular flexibility index (Phi) is 3.36. The molecule has 1 rings (SSSR count). The molecule has 0 saturated carbocycles. The van der Waals surface area contributed by atoms with Crippen molar-refractivity contribution >= 4 is 5.97 Å². The molecular formula is C8H14O3. The molecule has 1 aliphatic heterocycles. The first-order chi connectivity index (χ1) is 5.33. The van der Waals surface area contributed by atoms with Gasteiger partial charge in [-0.25, -0.2) is 0 Å². The van der Waals surface area contributed by atoms with Crippen molar-refractivity contribution in [2.45, 2.75) is 38.4 Å². The molecule has 1 saturated heterocycles. The highest BCUT2D eigenvalue weighted by Gasteiger charge is 2.15. The fourth-order valence-electron chi connectivity index (χ4n) is 1.19. The third kappa shape index (κ3) is 2.89. The molecule has 3 nitrogen and oxygen atoms in total. The second kappa shape index (κ2) is 4.34. The molecular weight excluding hydrogens is 144 g/mol. The van der Waals surface area contributed by atoms with E-state index in [9.17, 15) is 4.79 Å². The number of methoxy groups -OCH3 is 1. The molecule has 1 aliphatic rings. The molecule has 0 spiro atoms. The fraction of sp³-hybridized carbons (Fsp3) is 0.875. The number of ether oxygens (including phenoxy) is 2. The Labute approximate surface area is 66.7 Å². The van der Waals surface area contributed by atoms with Crippen LogP contribution in [0.2, 0.25) is 0 Å². The highest BCUT2D eigenvalue weighted by Crippen LogP contribution is 2.14. The summed E-state index contributed by atoms with van der Waals surface area (Å²) in [5.41, 5.74) is 0. The lowest BCUT2D eigenvalue weighted by Crippen LogP contribution is -2.21. The Morgan fingerprint density at radius 3 is 3.00 bits per heavy atom. The van der Waals surface area contributed by atoms with Crippen molar-refractivity contribution in [3.63, 3.8) is 0 Å². The molecule has 0 N–H and O–H groups in total. The maximum absolute atomic E-state index is 10.9. The molecule has 0 bridgehead atoms. The van der Waals surface area contributed by atoms with Gasteiger partial charge in [0.25, 0.3) is 0 Å². The van der Waals surface area contributed by atoms with E-state index < -0.39 is 0 Å². The highest BCUT2D eigenvalue weighted by atomic mass is 16.7. The SMILES string of the molecule is COC1CCCCCC(=O)O1. The van der Waals surface area contributed by atoms with Gasteiger partial charge in [0.15, 0.2) is 0 Å². The lowest BCUT2D eigenvalue weighted by Gasteiger charge is -2.18. The number of cyclic esters (lactones) is 1. The van der Waals surface area contributed by atoms with Crippen molar-refractivity contribution < 1.29 is 14.3 Å². The lowest BCUT2D eigenvalue weighted by atomic mass is 10.1. The van der Waals surface area contributed by atoms with Gasteiger partial charge >= 0.3 is 5.97 Å². The summed E-state index contributed by atoms with van der Waals surface area (Å²) in [5.74, 6) is -0.128. The number of hydrogen-bond acceptors (Lipinski definition) is 3. The zero-order valence-corrected chi connectivity index (χ0v) is 6.84. The van der Waals surface area contributed by atoms with Crippen LogP contribution >= 0.6 is 0 Å². The van der Waals surface area contributed by atoms with Crippen LogP contribution in [0.25, 0.3) is 0 Å². The molecule has 1 heterocycles. The minimum absolute atomic E-state index is 0.128. The van der Waals surface area contributed by atoms with Gasteiger partial charge in [0.05, 0.1) is 0 Å². The Balaban J connectivity index is 2.35. The fourth-order valence-corrected chi connectivity index (χ4v) is 1.19. The molecule has 0 aromatic heterocycles. The van der Waals surface area contributed by atoms with E-state index in [1.807, 2.05) is 0 Å². The Morgan fingerprint density at radius 1 is 1.45 bits per heavy atom. The number of esters is 1. The van der Waals surface area contributed by atoms with E-state index in [4.69, 9.17) is 9.47 Å². The normalized spacial score (nSPS) is 27.0. The first kappa shape index (κ1) is 8.53. The van der Waals surface area contributed by atoms with Gasteiger partial charge in [0.1, 0.15) is 0 Å². The lowest BCUT2D eigenvalue weighted by molar-refractivity contribution is -0.176. The predicted octanol–water partition coefficient (Wildman–Crippen LogP) is 1.47. The van der Waals surface area contributed by atoms with Gasteiger partial charge in [-0.15, -0.1) is 0 Å². The van der Waals surface area contributed by atoms with Crippen LogP contribution in [0.4, 0.5) is 0 Å². The van der Waals surface area contributed by atoms with Crippen LogP contribution in [0, 0.1) is 0 Å². The molecule has 0 aromatic rings. The molecule has 3 heteroatoms. The molecule has 0 radical (unpaired) electrons. The van der Waals surface area contributed by atoms with E-state index in [1.54, 1.807) is 7.11 Å². The quantitative estimate of drug-likeness (QED) is 0.542. The number of carbonyl (C=O) groups is 1. The van der Waals surface area contributed by atoms with Crippen LogP contribution < -0.4 is 0 Å². The Bertz CT molecular complexity index is 133. The second-order valence-electron chi connectivity index (χ2n) is 2.75. The number of hydrogen-bond donors (Lipinski definition) is 0. The van der Waals surface area contributed by atoms with Gasteiger partial charge in [-0.2, -0.15) is 0 Å². The van der Waals surface area contributed by atoms with Crippen LogP contribution in [0.3, 0.4) is 0 Å². The van der Waals surface area contributed by atoms with Crippen LogP contribution in [-0.2, 0) is 14.3 Å². The van der Waals surface area contributed by atoms with Gasteiger partial charge in [0.2, 0.25) is 6.29 Å². The average Bonchev–Trinajstić information content (AvgIpc) is 1.96. The van der Waals surface area contributed by atoms with Gasteiger partial charge in [-0.05, 0) is 12.8 Å². The van der Waals surface area contributed by atoms with Gasteiger partial charge in [0, 0.05) is 20.0 Å². The minimum atomic E-state index is -0.303. The maximum atomic E-state index is 10.9. The van der Waals surface area contributed by atoms with Crippen LogP contribution in [0.1, 0.15) is 32.1 Å². The number of rotatable bonds is 1. The van der Waals surface area contributed by atoms with E-state index in [1.165, 1.54) is 0 Å². The summed E-state index contributed by atoms with van der Waals surface area (Å²) in [4.78, 5) is 10.9. The smallest absolute Gasteiger partial charge is 0.308 e. The molecule has 64 valence electrons. The van der Waals surface area contributed by atoms with Crippen molar-refractivity contribution in [3.05, 3.63) is 0 Å². The summed E-state index contributed by atoms with van der Waals surface area (Å²) in [7, 11) is 1.57. The van der Waals surface area contributed by atoms with Crippen molar-refractivity contribution in [3.8, 4) is 0 Å². The summed E-state index contributed by atoms with van der Waals surface area (Å²) < 4.78 is 9.93. The molecule has 1 fully saturated rings. The zero-order valence-electron chi connectivity index (χ0n) is 6.84. The summed E-state index contributed by atoms with van der Waals surface area (Å²) in [5, 5.41) is 0. The van der Waals surface area contributed by atoms with Crippen LogP contribution in [0.15, 0.2) is 0 Å². The maximum Gasteiger partial charge on any atom is 0.308 e. The minimum Gasteiger partial charge on any atom is -0.436 e. The predicted molar refractivity (Wildman–Crippen MR) is 40.0 cm³/mol. The average molecular weight is 158 g/mol. The third-order valence-electron chi connectivity index (χ3n) is 1.85. The third-order valence-corrected chi connectivity index (χ3v) is 1.85. The molecule has 11 heavy (non-hydrogen) atoms. The summed E-state index contributed by atoms with van der Waals surface area (Å²) in [6.45, 7) is 0. The van der Waals surface area contributed by atoms with E-state index >= 15 is 0 Å². The van der Waals surface area contributed by atoms with E-state index in [0.717, 1.165) is 25.7 Å². The van der Waals surface area contributed by atoms with Crippen molar-refractivity contribution in [1.82, 2.24) is 0 Å². The topological polar surface area (TPSA) is 35.5 Å². The van der Waals surface area contributed by atoms with Gasteiger partial charge < -0.3 is 9.47 Å². The van der Waals surface area contributed by atoms with Crippen molar-refractivity contribution in [1.29, 1.82) is 0 Å². The molecule has 0 amide bonds. The second-order valence-corrected chi connectivity index (χ2v) is 2.75. The van der Waals surface area contributed by atoms with Crippen LogP contribution in [-0.4, -0.2) is 19.4 Å². The summed E-state index contributed by atoms with van der Waals surface area (Å²) >= 11 is 0. The Hall–Kier alpha value is -0.570. The molecule has 0 aromatic carbocycles. The van der Waals surface area contributed by atoms with E-state index in [2.05, 4.69) is 0 Å². The van der Waals surface area contributed by atoms with Gasteiger partial charge in [-0.1, -0.05) is 6.42 Å². The monoisotopic (exact) mass is 158 g/mol. The summed E-state index contributed by atoms with van der Waals surface area (Å²) in [6, 6.07) is 0. The molecule has 0 aliphatic carbocycles.